The average Bonchev–Trinajstić information content (AvgIpc) is 2.94. The Hall–Kier alpha value is -0.240. The van der Waals surface area contributed by atoms with Crippen molar-refractivity contribution >= 4 is 0 Å². The molecule has 4 heterocycles. The van der Waals surface area contributed by atoms with Gasteiger partial charge >= 0.3 is 0 Å². The van der Waals surface area contributed by atoms with Crippen molar-refractivity contribution in [3.63, 3.8) is 0 Å². The highest BCUT2D eigenvalue weighted by atomic mass is 16.8. The third-order valence-corrected chi connectivity index (χ3v) is 4.41. The second-order valence-electron chi connectivity index (χ2n) is 6.85. The van der Waals surface area contributed by atoms with Crippen LogP contribution in [-0.4, -0.2) is 55.0 Å². The summed E-state index contributed by atoms with van der Waals surface area (Å²) in [4.78, 5) is 0. The summed E-state index contributed by atoms with van der Waals surface area (Å²) < 4.78 is 35.9. The lowest BCUT2D eigenvalue weighted by Crippen LogP contribution is -2.57. The molecule has 4 aliphatic heterocycles. The molecule has 5 atom stereocenters. The number of hydrogen-bond acceptors (Lipinski definition) is 6. The molecule has 6 heteroatoms. The third-order valence-electron chi connectivity index (χ3n) is 4.41. The van der Waals surface area contributed by atoms with Crippen molar-refractivity contribution in [3.8, 4) is 0 Å². The van der Waals surface area contributed by atoms with Crippen LogP contribution in [0.2, 0.25) is 0 Å². The summed E-state index contributed by atoms with van der Waals surface area (Å²) in [5, 5.41) is 0. The second-order valence-corrected chi connectivity index (χ2v) is 6.85. The molecule has 4 aliphatic rings. The Morgan fingerprint density at radius 1 is 0.850 bits per heavy atom. The molecule has 0 aromatic rings. The van der Waals surface area contributed by atoms with Gasteiger partial charge in [-0.2, -0.15) is 0 Å². The summed E-state index contributed by atoms with van der Waals surface area (Å²) in [6, 6.07) is 0. The molecule has 1 unspecified atom stereocenters. The lowest BCUT2D eigenvalue weighted by Gasteiger charge is -2.40. The summed E-state index contributed by atoms with van der Waals surface area (Å²) in [6.45, 7) is 8.70. The van der Waals surface area contributed by atoms with Crippen LogP contribution in [0.4, 0.5) is 0 Å². The summed E-state index contributed by atoms with van der Waals surface area (Å²) in [6.07, 6.45) is 0.155. The Morgan fingerprint density at radius 3 is 2.35 bits per heavy atom. The van der Waals surface area contributed by atoms with E-state index >= 15 is 0 Å². The summed E-state index contributed by atoms with van der Waals surface area (Å²) in [7, 11) is 0. The Kier molecular flexibility index (Phi) is 2.64. The van der Waals surface area contributed by atoms with Crippen molar-refractivity contribution in [2.24, 2.45) is 0 Å². The average molecular weight is 286 g/mol. The Bertz CT molecular complexity index is 422. The first-order valence-electron chi connectivity index (χ1n) is 7.31. The minimum atomic E-state index is -0.908. The highest BCUT2D eigenvalue weighted by Crippen LogP contribution is 2.51. The molecule has 0 radical (unpaired) electrons. The fraction of sp³-hybridized carbons (Fsp3) is 1.00. The molecule has 6 nitrogen and oxygen atoms in total. The van der Waals surface area contributed by atoms with Gasteiger partial charge in [0, 0.05) is 0 Å². The van der Waals surface area contributed by atoms with Crippen LogP contribution < -0.4 is 0 Å². The lowest BCUT2D eigenvalue weighted by atomic mass is 10.0. The van der Waals surface area contributed by atoms with Gasteiger partial charge in [-0.3, -0.25) is 0 Å². The fourth-order valence-electron chi connectivity index (χ4n) is 3.65. The van der Waals surface area contributed by atoms with Crippen molar-refractivity contribution in [1.82, 2.24) is 0 Å². The van der Waals surface area contributed by atoms with Gasteiger partial charge < -0.3 is 28.4 Å². The van der Waals surface area contributed by atoms with Gasteiger partial charge in [-0.1, -0.05) is 0 Å². The molecule has 0 aromatic heterocycles. The summed E-state index contributed by atoms with van der Waals surface area (Å²) in [5.41, 5.74) is 0. The molecule has 0 saturated carbocycles. The van der Waals surface area contributed by atoms with Crippen molar-refractivity contribution < 1.29 is 28.4 Å². The maximum atomic E-state index is 6.15. The molecule has 4 fully saturated rings. The molecule has 0 amide bonds. The van der Waals surface area contributed by atoms with Crippen molar-refractivity contribution in [2.45, 2.75) is 75.9 Å². The maximum Gasteiger partial charge on any atom is 0.227 e. The molecule has 20 heavy (non-hydrogen) atoms. The highest BCUT2D eigenvalue weighted by molar-refractivity contribution is 5.09. The first kappa shape index (κ1) is 13.4. The maximum absolute atomic E-state index is 6.15. The third kappa shape index (κ3) is 1.79. The summed E-state index contributed by atoms with van der Waals surface area (Å²) in [5.74, 6) is -2.14. The minimum absolute atomic E-state index is 0.00263. The van der Waals surface area contributed by atoms with Gasteiger partial charge in [0.25, 0.3) is 0 Å². The van der Waals surface area contributed by atoms with Crippen LogP contribution in [0.1, 0.15) is 34.1 Å². The Balaban J connectivity index is 1.66. The number of fused-ring (bicyclic) bond motifs is 5. The van der Waals surface area contributed by atoms with Gasteiger partial charge in [-0.15, -0.1) is 0 Å². The first-order chi connectivity index (χ1) is 9.31. The molecule has 0 N–H and O–H groups in total. The molecule has 2 bridgehead atoms. The standard InChI is InChI=1S/C14H22O6/c1-12(2)16-7-9(18-12)14-11-10(19-13(3,4)20-11)8(17-14)5-6-15-14/h8-11H,5-7H2,1-4H3/t8-,9?,10-,11-,14+/m1/s1. The normalized spacial score (nSPS) is 52.2. The van der Waals surface area contributed by atoms with E-state index in [0.29, 0.717) is 13.2 Å². The summed E-state index contributed by atoms with van der Waals surface area (Å²) >= 11 is 0. The largest absolute Gasteiger partial charge is 0.348 e. The smallest absolute Gasteiger partial charge is 0.227 e. The molecule has 0 aliphatic carbocycles. The first-order valence-corrected chi connectivity index (χ1v) is 7.31. The van der Waals surface area contributed by atoms with Crippen molar-refractivity contribution in [2.75, 3.05) is 13.2 Å². The fourth-order valence-corrected chi connectivity index (χ4v) is 3.65. The van der Waals surface area contributed by atoms with E-state index in [1.807, 2.05) is 27.7 Å². The number of rotatable bonds is 1. The topological polar surface area (TPSA) is 55.4 Å². The van der Waals surface area contributed by atoms with E-state index in [4.69, 9.17) is 28.4 Å². The monoisotopic (exact) mass is 286 g/mol. The van der Waals surface area contributed by atoms with Gasteiger partial charge in [0.15, 0.2) is 11.6 Å². The minimum Gasteiger partial charge on any atom is -0.348 e. The van der Waals surface area contributed by atoms with Crippen LogP contribution in [0, 0.1) is 0 Å². The van der Waals surface area contributed by atoms with Crippen LogP contribution in [0.5, 0.6) is 0 Å². The van der Waals surface area contributed by atoms with E-state index in [0.717, 1.165) is 6.42 Å². The zero-order chi connectivity index (χ0) is 14.2. The van der Waals surface area contributed by atoms with Crippen molar-refractivity contribution in [3.05, 3.63) is 0 Å². The molecule has 0 spiro atoms. The highest BCUT2D eigenvalue weighted by Gasteiger charge is 2.70. The molecular weight excluding hydrogens is 264 g/mol. The number of ether oxygens (including phenoxy) is 6. The second kappa shape index (κ2) is 3.94. The predicted octanol–water partition coefficient (Wildman–Crippen LogP) is 1.17. The quantitative estimate of drug-likeness (QED) is 0.721. The predicted molar refractivity (Wildman–Crippen MR) is 66.9 cm³/mol. The van der Waals surface area contributed by atoms with Crippen LogP contribution in [0.25, 0.3) is 0 Å². The Morgan fingerprint density at radius 2 is 1.65 bits per heavy atom. The van der Waals surface area contributed by atoms with E-state index in [2.05, 4.69) is 0 Å². The zero-order valence-corrected chi connectivity index (χ0v) is 12.4. The van der Waals surface area contributed by atoms with E-state index < -0.39 is 17.4 Å². The lowest BCUT2D eigenvalue weighted by molar-refractivity contribution is -0.349. The SMILES string of the molecule is CC1(C)OCC([C@]23OCC[C@@H](O2)[C@H]2OC(C)(C)O[C@H]23)O1. The van der Waals surface area contributed by atoms with Gasteiger partial charge in [0.2, 0.25) is 5.79 Å². The van der Waals surface area contributed by atoms with Crippen molar-refractivity contribution in [1.29, 1.82) is 0 Å². The van der Waals surface area contributed by atoms with Crippen LogP contribution in [0.15, 0.2) is 0 Å². The van der Waals surface area contributed by atoms with E-state index in [1.54, 1.807) is 0 Å². The van der Waals surface area contributed by atoms with Gasteiger partial charge in [-0.05, 0) is 34.1 Å². The van der Waals surface area contributed by atoms with E-state index in [9.17, 15) is 0 Å². The molecule has 4 saturated heterocycles. The van der Waals surface area contributed by atoms with Gasteiger partial charge in [0.1, 0.15) is 18.3 Å². The molecule has 114 valence electrons. The van der Waals surface area contributed by atoms with E-state index in [1.165, 1.54) is 0 Å². The van der Waals surface area contributed by atoms with Crippen LogP contribution in [0.3, 0.4) is 0 Å². The molecular formula is C14H22O6. The Labute approximate surface area is 118 Å². The van der Waals surface area contributed by atoms with Gasteiger partial charge in [0.05, 0.1) is 19.3 Å². The molecule has 4 rings (SSSR count). The number of hydrogen-bond donors (Lipinski definition) is 0. The van der Waals surface area contributed by atoms with Gasteiger partial charge in [-0.25, -0.2) is 0 Å². The van der Waals surface area contributed by atoms with Crippen LogP contribution >= 0.6 is 0 Å². The zero-order valence-electron chi connectivity index (χ0n) is 12.4. The molecule has 0 aromatic carbocycles. The van der Waals surface area contributed by atoms with E-state index in [-0.39, 0.29) is 24.4 Å². The van der Waals surface area contributed by atoms with Crippen LogP contribution in [-0.2, 0) is 28.4 Å².